The molecule has 18 heavy (non-hydrogen) atoms. The average molecular weight is 248 g/mol. The smallest absolute Gasteiger partial charge is 0.231 e. The first-order chi connectivity index (χ1) is 8.60. The van der Waals surface area contributed by atoms with Crippen molar-refractivity contribution in [3.05, 3.63) is 18.3 Å². The molecule has 1 aliphatic heterocycles. The highest BCUT2D eigenvalue weighted by Gasteiger charge is 2.37. The summed E-state index contributed by atoms with van der Waals surface area (Å²) in [6.07, 6.45) is 3.81. The fraction of sp³-hybridized carbons (Fsp3) is 0.615. The maximum atomic E-state index is 12.3. The van der Waals surface area contributed by atoms with Gasteiger partial charge in [0.1, 0.15) is 0 Å². The van der Waals surface area contributed by atoms with Crippen molar-refractivity contribution in [3.63, 3.8) is 0 Å². The summed E-state index contributed by atoms with van der Waals surface area (Å²) < 4.78 is 0. The van der Waals surface area contributed by atoms with E-state index in [2.05, 4.69) is 20.8 Å². The van der Waals surface area contributed by atoms with Gasteiger partial charge in [-0.3, -0.25) is 4.79 Å². The molecule has 1 aromatic heterocycles. The van der Waals surface area contributed by atoms with Crippen molar-refractivity contribution in [3.8, 4) is 0 Å². The maximum absolute atomic E-state index is 12.3. The highest BCUT2D eigenvalue weighted by atomic mass is 16.2. The van der Waals surface area contributed by atoms with E-state index in [1.807, 2.05) is 13.8 Å². The molecule has 2 heterocycles. The van der Waals surface area contributed by atoms with E-state index in [9.17, 15) is 4.79 Å². The quantitative estimate of drug-likeness (QED) is 0.849. The lowest BCUT2D eigenvalue weighted by Gasteiger charge is -2.35. The van der Waals surface area contributed by atoms with Crippen LogP contribution in [0.1, 0.15) is 26.7 Å². The van der Waals surface area contributed by atoms with Gasteiger partial charge in [0.25, 0.3) is 0 Å². The molecule has 1 fully saturated rings. The number of anilines is 1. The van der Waals surface area contributed by atoms with Gasteiger partial charge in [-0.05, 0) is 44.0 Å². The van der Waals surface area contributed by atoms with Crippen molar-refractivity contribution in [2.24, 2.45) is 11.3 Å². The third kappa shape index (κ3) is 2.85. The summed E-state index contributed by atoms with van der Waals surface area (Å²) in [5, 5.41) is 13.8. The number of nitrogens with one attached hydrogen (secondary N) is 2. The van der Waals surface area contributed by atoms with Crippen molar-refractivity contribution >= 4 is 11.7 Å². The molecule has 0 saturated carbocycles. The Balaban J connectivity index is 2.02. The van der Waals surface area contributed by atoms with Crippen molar-refractivity contribution in [2.45, 2.75) is 26.7 Å². The molecule has 0 aromatic carbocycles. The Hall–Kier alpha value is -1.49. The third-order valence-electron chi connectivity index (χ3n) is 3.72. The summed E-state index contributed by atoms with van der Waals surface area (Å²) in [6, 6.07) is 3.51. The molecule has 5 nitrogen and oxygen atoms in total. The lowest BCUT2D eigenvalue weighted by atomic mass is 9.74. The number of carbonyl (C=O) groups is 1. The Bertz CT molecular complexity index is 399. The summed E-state index contributed by atoms with van der Waals surface area (Å²) in [4.78, 5) is 12.3. The van der Waals surface area contributed by atoms with E-state index in [1.165, 1.54) is 0 Å². The lowest BCUT2D eigenvalue weighted by molar-refractivity contribution is -0.127. The van der Waals surface area contributed by atoms with Crippen molar-refractivity contribution in [2.75, 3.05) is 18.4 Å². The van der Waals surface area contributed by atoms with Gasteiger partial charge >= 0.3 is 0 Å². The van der Waals surface area contributed by atoms with Gasteiger partial charge in [-0.15, -0.1) is 5.10 Å². The molecule has 2 rings (SSSR count). The first kappa shape index (κ1) is 13.0. The van der Waals surface area contributed by atoms with Gasteiger partial charge in [-0.25, -0.2) is 0 Å². The molecule has 0 bridgehead atoms. The standard InChI is InChI=1S/C13H20N4O/c1-13(2,10-5-3-7-14-9-10)12(18)16-11-6-4-8-15-17-11/h4,6,8,10,14H,3,5,7,9H2,1-2H3,(H,16,17,18). The summed E-state index contributed by atoms with van der Waals surface area (Å²) in [5.41, 5.74) is -0.398. The van der Waals surface area contributed by atoms with Crippen LogP contribution >= 0.6 is 0 Å². The van der Waals surface area contributed by atoms with E-state index in [4.69, 9.17) is 0 Å². The number of nitrogens with zero attached hydrogens (tertiary/aromatic N) is 2. The van der Waals surface area contributed by atoms with E-state index in [-0.39, 0.29) is 5.91 Å². The topological polar surface area (TPSA) is 66.9 Å². The monoisotopic (exact) mass is 248 g/mol. The van der Waals surface area contributed by atoms with E-state index < -0.39 is 5.41 Å². The van der Waals surface area contributed by atoms with Crippen molar-refractivity contribution in [1.29, 1.82) is 0 Å². The third-order valence-corrected chi connectivity index (χ3v) is 3.72. The molecule has 0 radical (unpaired) electrons. The number of piperidine rings is 1. The normalized spacial score (nSPS) is 20.4. The van der Waals surface area contributed by atoms with Gasteiger partial charge in [-0.1, -0.05) is 13.8 Å². The van der Waals surface area contributed by atoms with Crippen LogP contribution in [0.3, 0.4) is 0 Å². The molecule has 1 aromatic rings. The predicted molar refractivity (Wildman–Crippen MR) is 70.0 cm³/mol. The van der Waals surface area contributed by atoms with Gasteiger partial charge in [0, 0.05) is 11.6 Å². The van der Waals surface area contributed by atoms with Crippen LogP contribution in [-0.2, 0) is 4.79 Å². The number of aromatic nitrogens is 2. The first-order valence-electron chi connectivity index (χ1n) is 6.40. The molecule has 1 atom stereocenters. The summed E-state index contributed by atoms with van der Waals surface area (Å²) in [7, 11) is 0. The van der Waals surface area contributed by atoms with Crippen LogP contribution in [0.4, 0.5) is 5.82 Å². The van der Waals surface area contributed by atoms with E-state index in [0.717, 1.165) is 25.9 Å². The number of hydrogen-bond acceptors (Lipinski definition) is 4. The molecule has 2 N–H and O–H groups in total. The fourth-order valence-electron chi connectivity index (χ4n) is 2.30. The zero-order valence-corrected chi connectivity index (χ0v) is 10.9. The molecular formula is C13H20N4O. The number of hydrogen-bond donors (Lipinski definition) is 2. The number of carbonyl (C=O) groups excluding carboxylic acids is 1. The summed E-state index contributed by atoms with van der Waals surface area (Å²) in [6.45, 7) is 5.95. The van der Waals surface area contributed by atoms with Crippen LogP contribution in [0.15, 0.2) is 18.3 Å². The number of rotatable bonds is 3. The van der Waals surface area contributed by atoms with Crippen LogP contribution in [0.2, 0.25) is 0 Å². The van der Waals surface area contributed by atoms with E-state index in [1.54, 1.807) is 18.3 Å². The minimum atomic E-state index is -0.398. The van der Waals surface area contributed by atoms with Crippen LogP contribution in [-0.4, -0.2) is 29.2 Å². The minimum absolute atomic E-state index is 0.0108. The Morgan fingerprint density at radius 1 is 1.56 bits per heavy atom. The number of amides is 1. The van der Waals surface area contributed by atoms with Crippen LogP contribution < -0.4 is 10.6 Å². The molecule has 1 unspecified atom stereocenters. The lowest BCUT2D eigenvalue weighted by Crippen LogP contribution is -2.44. The molecule has 1 saturated heterocycles. The van der Waals surface area contributed by atoms with E-state index in [0.29, 0.717) is 11.7 Å². The van der Waals surface area contributed by atoms with Gasteiger partial charge in [-0.2, -0.15) is 5.10 Å². The van der Waals surface area contributed by atoms with Gasteiger partial charge in [0.15, 0.2) is 5.82 Å². The average Bonchev–Trinajstić information content (AvgIpc) is 2.41. The largest absolute Gasteiger partial charge is 0.316 e. The second kappa shape index (κ2) is 5.44. The first-order valence-corrected chi connectivity index (χ1v) is 6.40. The van der Waals surface area contributed by atoms with Crippen LogP contribution in [0.5, 0.6) is 0 Å². The van der Waals surface area contributed by atoms with Crippen LogP contribution in [0.25, 0.3) is 0 Å². The fourth-order valence-corrected chi connectivity index (χ4v) is 2.30. The predicted octanol–water partition coefficient (Wildman–Crippen LogP) is 1.44. The van der Waals surface area contributed by atoms with Crippen molar-refractivity contribution < 1.29 is 4.79 Å². The molecule has 0 spiro atoms. The van der Waals surface area contributed by atoms with Gasteiger partial charge in [0.2, 0.25) is 5.91 Å². The van der Waals surface area contributed by atoms with Gasteiger partial charge in [0.05, 0.1) is 0 Å². The zero-order valence-electron chi connectivity index (χ0n) is 10.9. The Labute approximate surface area is 107 Å². The summed E-state index contributed by atoms with van der Waals surface area (Å²) >= 11 is 0. The molecule has 0 aliphatic carbocycles. The highest BCUT2D eigenvalue weighted by molar-refractivity contribution is 5.94. The van der Waals surface area contributed by atoms with Crippen molar-refractivity contribution in [1.82, 2.24) is 15.5 Å². The van der Waals surface area contributed by atoms with Crippen LogP contribution in [0, 0.1) is 11.3 Å². The molecule has 1 amide bonds. The second-order valence-electron chi connectivity index (χ2n) is 5.33. The highest BCUT2D eigenvalue weighted by Crippen LogP contribution is 2.32. The minimum Gasteiger partial charge on any atom is -0.316 e. The Morgan fingerprint density at radius 3 is 3.00 bits per heavy atom. The summed E-state index contributed by atoms with van der Waals surface area (Å²) in [5.74, 6) is 0.888. The van der Waals surface area contributed by atoms with Gasteiger partial charge < -0.3 is 10.6 Å². The molecule has 1 aliphatic rings. The molecular weight excluding hydrogens is 228 g/mol. The Morgan fingerprint density at radius 2 is 2.39 bits per heavy atom. The SMILES string of the molecule is CC(C)(C(=O)Nc1cccnn1)C1CCCNC1. The molecule has 5 heteroatoms. The maximum Gasteiger partial charge on any atom is 0.231 e. The molecule has 98 valence electrons. The zero-order chi connectivity index (χ0) is 13.0. The second-order valence-corrected chi connectivity index (χ2v) is 5.33. The van der Waals surface area contributed by atoms with E-state index >= 15 is 0 Å². The Kier molecular flexibility index (Phi) is 3.91.